The standard InChI is InChI=1S/C36H62N2O8S/c1-9-28(40)26(6)33-29(44-33)23-35(7,42)18-12-14-24(4)32-25(5)15-16-30(36(8,43)19-17-27(39)22-31(41)46-32)45-34(47)37-20-13-21-38(10-2)11-3/h12,14-16,18,25-30,32-33,39-40,42-43H,9-11,13,17,19-23H2,1-8H3,(H,37,47)/b16-15+,18-12+,24-14+. The number of nitrogens with one attached hydrogen (secondary N) is 1. The van der Waals surface area contributed by atoms with E-state index in [0.717, 1.165) is 31.6 Å². The van der Waals surface area contributed by atoms with Crippen LogP contribution in [0.3, 0.4) is 0 Å². The minimum Gasteiger partial charge on any atom is -0.460 e. The van der Waals surface area contributed by atoms with E-state index in [9.17, 15) is 25.2 Å². The van der Waals surface area contributed by atoms with E-state index >= 15 is 0 Å². The van der Waals surface area contributed by atoms with E-state index in [4.69, 9.17) is 26.4 Å². The lowest BCUT2D eigenvalue weighted by molar-refractivity contribution is -0.151. The molecule has 0 aromatic rings. The second-order valence-electron chi connectivity index (χ2n) is 13.8. The predicted molar refractivity (Wildman–Crippen MR) is 189 cm³/mol. The van der Waals surface area contributed by atoms with Crippen molar-refractivity contribution in [3.05, 3.63) is 36.0 Å². The summed E-state index contributed by atoms with van der Waals surface area (Å²) in [6.07, 6.45) is 7.85. The van der Waals surface area contributed by atoms with E-state index in [1.807, 2.05) is 33.8 Å². The number of aliphatic hydroxyl groups excluding tert-OH is 2. The van der Waals surface area contributed by atoms with Gasteiger partial charge in [-0.25, -0.2) is 0 Å². The van der Waals surface area contributed by atoms with Gasteiger partial charge in [-0.3, -0.25) is 4.79 Å². The topological polar surface area (TPSA) is 144 Å². The SMILES string of the molecule is CCC(O)C(C)C1OC1CC(C)(O)/C=C/C=C(\C)C1OC(=O)CC(O)CCC(C)(O)C(OC(=S)NCCCN(CC)CC)/C=C/C1C. The molecule has 11 heteroatoms. The summed E-state index contributed by atoms with van der Waals surface area (Å²) >= 11 is 5.47. The molecule has 1 fully saturated rings. The predicted octanol–water partition coefficient (Wildman–Crippen LogP) is 4.20. The monoisotopic (exact) mass is 682 g/mol. The maximum Gasteiger partial charge on any atom is 0.309 e. The number of hydrogen-bond acceptors (Lipinski definition) is 10. The Balaban J connectivity index is 2.15. The van der Waals surface area contributed by atoms with Crippen molar-refractivity contribution in [2.75, 3.05) is 26.2 Å². The normalized spacial score (nSPS) is 32.4. The Morgan fingerprint density at radius 3 is 2.62 bits per heavy atom. The van der Waals surface area contributed by atoms with Crippen molar-refractivity contribution >= 4 is 23.4 Å². The van der Waals surface area contributed by atoms with Crippen LogP contribution in [0.2, 0.25) is 0 Å². The second kappa shape index (κ2) is 19.4. The van der Waals surface area contributed by atoms with E-state index in [-0.39, 0.29) is 48.5 Å². The van der Waals surface area contributed by atoms with Gasteiger partial charge in [0.1, 0.15) is 17.8 Å². The lowest BCUT2D eigenvalue weighted by Crippen LogP contribution is -2.44. The van der Waals surface area contributed by atoms with E-state index in [1.54, 1.807) is 38.2 Å². The van der Waals surface area contributed by atoms with Gasteiger partial charge in [0.25, 0.3) is 5.17 Å². The Kier molecular flexibility index (Phi) is 17.0. The van der Waals surface area contributed by atoms with Crippen molar-refractivity contribution in [2.24, 2.45) is 11.8 Å². The number of allylic oxidation sites excluding steroid dienone is 2. The van der Waals surface area contributed by atoms with Crippen LogP contribution >= 0.6 is 12.2 Å². The van der Waals surface area contributed by atoms with Crippen LogP contribution < -0.4 is 5.32 Å². The highest BCUT2D eigenvalue weighted by molar-refractivity contribution is 7.80. The van der Waals surface area contributed by atoms with Crippen LogP contribution in [0.25, 0.3) is 0 Å². The molecule has 47 heavy (non-hydrogen) atoms. The summed E-state index contributed by atoms with van der Waals surface area (Å²) in [4.78, 5) is 15.2. The molecule has 2 heterocycles. The average Bonchev–Trinajstić information content (AvgIpc) is 3.77. The number of aliphatic hydroxyl groups is 4. The molecule has 0 bridgehead atoms. The quantitative estimate of drug-likeness (QED) is 0.0424. The molecule has 10 atom stereocenters. The molecule has 5 N–H and O–H groups in total. The van der Waals surface area contributed by atoms with E-state index in [0.29, 0.717) is 19.4 Å². The van der Waals surface area contributed by atoms with E-state index < -0.39 is 41.6 Å². The third-order valence-corrected chi connectivity index (χ3v) is 9.66. The zero-order valence-electron chi connectivity index (χ0n) is 29.9. The van der Waals surface area contributed by atoms with Gasteiger partial charge in [0, 0.05) is 24.8 Å². The molecule has 2 aliphatic rings. The first-order valence-corrected chi connectivity index (χ1v) is 17.8. The summed E-state index contributed by atoms with van der Waals surface area (Å²) < 4.78 is 17.7. The Bertz CT molecular complexity index is 1070. The summed E-state index contributed by atoms with van der Waals surface area (Å²) in [7, 11) is 0. The van der Waals surface area contributed by atoms with Crippen molar-refractivity contribution in [1.29, 1.82) is 0 Å². The molecule has 0 saturated carbocycles. The molecule has 10 unspecified atom stereocenters. The minimum atomic E-state index is -1.36. The molecule has 0 radical (unpaired) electrons. The number of esters is 1. The van der Waals surface area contributed by atoms with Gasteiger partial charge in [-0.15, -0.1) is 0 Å². The third kappa shape index (κ3) is 14.3. The zero-order valence-corrected chi connectivity index (χ0v) is 30.7. The van der Waals surface area contributed by atoms with Crippen molar-refractivity contribution in [2.45, 2.75) is 142 Å². The highest BCUT2D eigenvalue weighted by Crippen LogP contribution is 2.37. The maximum absolute atomic E-state index is 12.8. The number of hydrogen-bond donors (Lipinski definition) is 5. The first-order valence-electron chi connectivity index (χ1n) is 17.4. The summed E-state index contributed by atoms with van der Waals surface area (Å²) in [5.74, 6) is -0.848. The van der Waals surface area contributed by atoms with E-state index in [1.165, 1.54) is 0 Å². The highest BCUT2D eigenvalue weighted by Gasteiger charge is 2.47. The first kappa shape index (κ1) is 41.3. The van der Waals surface area contributed by atoms with Crippen molar-refractivity contribution in [1.82, 2.24) is 10.2 Å². The van der Waals surface area contributed by atoms with Gasteiger partial charge in [-0.05, 0) is 90.0 Å². The number of carbonyl (C=O) groups is 1. The van der Waals surface area contributed by atoms with Crippen LogP contribution in [0.5, 0.6) is 0 Å². The molecule has 1 saturated heterocycles. The summed E-state index contributed by atoms with van der Waals surface area (Å²) in [5.41, 5.74) is -1.76. The Morgan fingerprint density at radius 2 is 1.98 bits per heavy atom. The third-order valence-electron chi connectivity index (χ3n) is 9.42. The van der Waals surface area contributed by atoms with Gasteiger partial charge >= 0.3 is 5.97 Å². The minimum absolute atomic E-state index is 0.00103. The highest BCUT2D eigenvalue weighted by atomic mass is 32.1. The maximum atomic E-state index is 12.8. The molecule has 270 valence electrons. The van der Waals surface area contributed by atoms with Crippen molar-refractivity contribution < 1.29 is 39.4 Å². The molecule has 0 spiro atoms. The molecular formula is C36H62N2O8S. The molecule has 2 rings (SSSR count). The van der Waals surface area contributed by atoms with Gasteiger partial charge in [0.2, 0.25) is 0 Å². The van der Waals surface area contributed by atoms with Gasteiger partial charge in [0.05, 0.1) is 36.4 Å². The number of rotatable bonds is 15. The molecule has 0 aliphatic carbocycles. The number of carbonyl (C=O) groups excluding carboxylic acids is 1. The number of nitrogens with zero attached hydrogens (tertiary/aromatic N) is 1. The van der Waals surface area contributed by atoms with Crippen LogP contribution in [-0.2, 0) is 19.0 Å². The molecule has 0 amide bonds. The smallest absolute Gasteiger partial charge is 0.309 e. The van der Waals surface area contributed by atoms with Crippen LogP contribution in [0.15, 0.2) is 36.0 Å². The Labute approximate surface area is 288 Å². The van der Waals surface area contributed by atoms with Crippen LogP contribution in [-0.4, -0.2) is 110 Å². The van der Waals surface area contributed by atoms with Gasteiger partial charge in [0.15, 0.2) is 0 Å². The first-order chi connectivity index (χ1) is 22.0. The molecule has 10 nitrogen and oxygen atoms in total. The molecule has 2 aliphatic heterocycles. The molecule has 0 aromatic carbocycles. The number of ether oxygens (including phenoxy) is 3. The Hall–Kier alpha value is -1.86. The van der Waals surface area contributed by atoms with Gasteiger partial charge in [-0.2, -0.15) is 0 Å². The van der Waals surface area contributed by atoms with Crippen molar-refractivity contribution in [3.63, 3.8) is 0 Å². The zero-order chi connectivity index (χ0) is 35.4. The number of cyclic esters (lactones) is 1. The molecule has 0 aromatic heterocycles. The fourth-order valence-corrected chi connectivity index (χ4v) is 6.20. The summed E-state index contributed by atoms with van der Waals surface area (Å²) in [6.45, 7) is 18.8. The van der Waals surface area contributed by atoms with E-state index in [2.05, 4.69) is 24.1 Å². The largest absolute Gasteiger partial charge is 0.460 e. The fraction of sp³-hybridized carbons (Fsp3) is 0.778. The van der Waals surface area contributed by atoms with Gasteiger partial charge < -0.3 is 44.9 Å². The van der Waals surface area contributed by atoms with Crippen molar-refractivity contribution in [3.8, 4) is 0 Å². The molecular weight excluding hydrogens is 620 g/mol. The second-order valence-corrected chi connectivity index (χ2v) is 14.2. The fourth-order valence-electron chi connectivity index (χ4n) is 5.99. The summed E-state index contributed by atoms with van der Waals surface area (Å²) in [6, 6.07) is 0. The summed E-state index contributed by atoms with van der Waals surface area (Å²) in [5, 5.41) is 46.5. The Morgan fingerprint density at radius 1 is 1.30 bits per heavy atom. The number of epoxide rings is 1. The van der Waals surface area contributed by atoms with Crippen LogP contribution in [0.1, 0.15) is 93.9 Å². The lowest BCUT2D eigenvalue weighted by atomic mass is 9.88. The van der Waals surface area contributed by atoms with Gasteiger partial charge in [-0.1, -0.05) is 58.9 Å². The average molecular weight is 683 g/mol. The number of thiocarbonyl (C=S) groups is 1. The van der Waals surface area contributed by atoms with Crippen LogP contribution in [0, 0.1) is 11.8 Å². The van der Waals surface area contributed by atoms with Crippen LogP contribution in [0.4, 0.5) is 0 Å². The lowest BCUT2D eigenvalue weighted by Gasteiger charge is -2.33.